The molecule has 0 bridgehead atoms. The van der Waals surface area contributed by atoms with Gasteiger partial charge in [0.1, 0.15) is 0 Å². The van der Waals surface area contributed by atoms with Gasteiger partial charge in [0.25, 0.3) is 0 Å². The number of nitrogens with one attached hydrogen (secondary N) is 1. The molecular weight excluding hydrogens is 295 g/mol. The first-order valence-electron chi connectivity index (χ1n) is 7.33. The maximum atomic E-state index is 13.3. The van der Waals surface area contributed by atoms with E-state index in [0.29, 0.717) is 19.0 Å². The van der Waals surface area contributed by atoms with Gasteiger partial charge in [0.2, 0.25) is 0 Å². The van der Waals surface area contributed by atoms with Crippen molar-refractivity contribution >= 4 is 11.0 Å². The fourth-order valence-electron chi connectivity index (χ4n) is 3.21. The number of benzene rings is 1. The second kappa shape index (κ2) is 5.15. The monoisotopic (exact) mass is 313 g/mol. The molecule has 1 atom stereocenters. The SMILES string of the molecule is CC(C)N1CCC(n2c(=O)[nH]c3cccc(C(F)(F)F)c32)C1. The molecule has 1 N–H and O–H groups in total. The molecule has 1 unspecified atom stereocenters. The molecule has 0 amide bonds. The van der Waals surface area contributed by atoms with Crippen molar-refractivity contribution in [1.82, 2.24) is 14.5 Å². The van der Waals surface area contributed by atoms with Gasteiger partial charge < -0.3 is 4.98 Å². The zero-order valence-corrected chi connectivity index (χ0v) is 12.4. The van der Waals surface area contributed by atoms with Gasteiger partial charge in [0.15, 0.2) is 0 Å². The number of para-hydroxylation sites is 1. The van der Waals surface area contributed by atoms with Gasteiger partial charge in [0, 0.05) is 19.1 Å². The van der Waals surface area contributed by atoms with Crippen molar-refractivity contribution in [1.29, 1.82) is 0 Å². The van der Waals surface area contributed by atoms with E-state index in [9.17, 15) is 18.0 Å². The molecule has 4 nitrogen and oxygen atoms in total. The summed E-state index contributed by atoms with van der Waals surface area (Å²) in [6.45, 7) is 5.47. The Hall–Kier alpha value is -1.76. The van der Waals surface area contributed by atoms with E-state index in [1.54, 1.807) is 0 Å². The second-order valence-corrected chi connectivity index (χ2v) is 6.03. The highest BCUT2D eigenvalue weighted by molar-refractivity contribution is 5.79. The van der Waals surface area contributed by atoms with Gasteiger partial charge >= 0.3 is 11.9 Å². The van der Waals surface area contributed by atoms with Crippen LogP contribution in [0.15, 0.2) is 23.0 Å². The Labute approximate surface area is 125 Å². The van der Waals surface area contributed by atoms with Gasteiger partial charge in [-0.2, -0.15) is 13.2 Å². The van der Waals surface area contributed by atoms with Crippen molar-refractivity contribution < 1.29 is 13.2 Å². The molecule has 0 spiro atoms. The smallest absolute Gasteiger partial charge is 0.306 e. The molecule has 0 saturated carbocycles. The molecule has 1 aromatic carbocycles. The molecule has 0 radical (unpaired) electrons. The maximum Gasteiger partial charge on any atom is 0.418 e. The Balaban J connectivity index is 2.14. The highest BCUT2D eigenvalue weighted by Crippen LogP contribution is 2.36. The van der Waals surface area contributed by atoms with Crippen LogP contribution in [0.5, 0.6) is 0 Å². The zero-order valence-electron chi connectivity index (χ0n) is 12.4. The molecule has 0 aliphatic carbocycles. The van der Waals surface area contributed by atoms with Crippen LogP contribution in [0.2, 0.25) is 0 Å². The molecule has 3 rings (SSSR count). The average Bonchev–Trinajstić information content (AvgIpc) is 2.99. The topological polar surface area (TPSA) is 41.0 Å². The minimum absolute atomic E-state index is 0.0318. The molecule has 1 saturated heterocycles. The average molecular weight is 313 g/mol. The Morgan fingerprint density at radius 1 is 1.32 bits per heavy atom. The summed E-state index contributed by atoms with van der Waals surface area (Å²) in [5.74, 6) is 0. The fourth-order valence-corrected chi connectivity index (χ4v) is 3.21. The first-order valence-corrected chi connectivity index (χ1v) is 7.33. The number of H-pyrrole nitrogens is 1. The Morgan fingerprint density at radius 3 is 2.64 bits per heavy atom. The van der Waals surface area contributed by atoms with Crippen molar-refractivity contribution in [2.75, 3.05) is 13.1 Å². The van der Waals surface area contributed by atoms with E-state index in [4.69, 9.17) is 0 Å². The molecule has 120 valence electrons. The van der Waals surface area contributed by atoms with E-state index in [2.05, 4.69) is 9.88 Å². The van der Waals surface area contributed by atoms with E-state index in [-0.39, 0.29) is 17.1 Å². The molecule has 7 heteroatoms. The van der Waals surface area contributed by atoms with Crippen LogP contribution in [0.4, 0.5) is 13.2 Å². The number of nitrogens with zero attached hydrogens (tertiary/aromatic N) is 2. The van der Waals surface area contributed by atoms with Crippen molar-refractivity contribution in [2.45, 2.75) is 38.5 Å². The van der Waals surface area contributed by atoms with Crippen LogP contribution in [0, 0.1) is 0 Å². The number of hydrogen-bond donors (Lipinski definition) is 1. The van der Waals surface area contributed by atoms with Crippen LogP contribution < -0.4 is 5.69 Å². The molecular formula is C15H18F3N3O. The normalized spacial score (nSPS) is 20.4. The number of aromatic nitrogens is 2. The Bertz CT molecular complexity index is 745. The summed E-state index contributed by atoms with van der Waals surface area (Å²) < 4.78 is 41.1. The molecule has 1 aromatic heterocycles. The van der Waals surface area contributed by atoms with Crippen LogP contribution >= 0.6 is 0 Å². The lowest BCUT2D eigenvalue weighted by Gasteiger charge is -2.21. The van der Waals surface area contributed by atoms with E-state index in [1.807, 2.05) is 13.8 Å². The number of fused-ring (bicyclic) bond motifs is 1. The third-order valence-corrected chi connectivity index (χ3v) is 4.33. The maximum absolute atomic E-state index is 13.3. The minimum atomic E-state index is -4.48. The predicted octanol–water partition coefficient (Wildman–Crippen LogP) is 3.00. The van der Waals surface area contributed by atoms with Crippen LogP contribution in [0.1, 0.15) is 31.9 Å². The van der Waals surface area contributed by atoms with Gasteiger partial charge in [-0.15, -0.1) is 0 Å². The third kappa shape index (κ3) is 2.43. The molecule has 2 aromatic rings. The number of alkyl halides is 3. The van der Waals surface area contributed by atoms with E-state index < -0.39 is 17.4 Å². The van der Waals surface area contributed by atoms with Gasteiger partial charge in [0.05, 0.1) is 22.6 Å². The lowest BCUT2D eigenvalue weighted by molar-refractivity contribution is -0.136. The quantitative estimate of drug-likeness (QED) is 0.926. The summed E-state index contributed by atoms with van der Waals surface area (Å²) in [4.78, 5) is 16.9. The predicted molar refractivity (Wildman–Crippen MR) is 77.9 cm³/mol. The highest BCUT2D eigenvalue weighted by Gasteiger charge is 2.36. The molecule has 1 fully saturated rings. The first-order chi connectivity index (χ1) is 10.3. The number of hydrogen-bond acceptors (Lipinski definition) is 2. The summed E-state index contributed by atoms with van der Waals surface area (Å²) in [6.07, 6.45) is -3.80. The van der Waals surface area contributed by atoms with Crippen LogP contribution in [-0.4, -0.2) is 33.6 Å². The van der Waals surface area contributed by atoms with Crippen molar-refractivity contribution in [3.8, 4) is 0 Å². The van der Waals surface area contributed by atoms with E-state index in [1.165, 1.54) is 16.7 Å². The Kier molecular flexibility index (Phi) is 3.55. The van der Waals surface area contributed by atoms with Crippen molar-refractivity contribution in [2.24, 2.45) is 0 Å². The van der Waals surface area contributed by atoms with E-state index in [0.717, 1.165) is 12.6 Å². The van der Waals surface area contributed by atoms with Crippen LogP contribution in [0.25, 0.3) is 11.0 Å². The largest absolute Gasteiger partial charge is 0.418 e. The number of likely N-dealkylation sites (tertiary alicyclic amines) is 1. The van der Waals surface area contributed by atoms with Gasteiger partial charge in [-0.3, -0.25) is 9.47 Å². The summed E-state index contributed by atoms with van der Waals surface area (Å²) in [5.41, 5.74) is -1.02. The standard InChI is InChI=1S/C15H18F3N3O/c1-9(2)20-7-6-10(8-20)21-13-11(15(16,17)18)4-3-5-12(13)19-14(21)22/h3-5,9-10H,6-8H2,1-2H3,(H,19,22). The summed E-state index contributed by atoms with van der Waals surface area (Å²) in [7, 11) is 0. The summed E-state index contributed by atoms with van der Waals surface area (Å²) in [5, 5.41) is 0. The number of aromatic amines is 1. The molecule has 2 heterocycles. The number of halogens is 3. The number of rotatable bonds is 2. The number of imidazole rings is 1. The lowest BCUT2D eigenvalue weighted by atomic mass is 10.1. The zero-order chi connectivity index (χ0) is 16.1. The third-order valence-electron chi connectivity index (χ3n) is 4.33. The molecule has 1 aliphatic heterocycles. The van der Waals surface area contributed by atoms with Crippen molar-refractivity contribution in [3.05, 3.63) is 34.2 Å². The summed E-state index contributed by atoms with van der Waals surface area (Å²) >= 11 is 0. The van der Waals surface area contributed by atoms with Crippen molar-refractivity contribution in [3.63, 3.8) is 0 Å². The summed E-state index contributed by atoms with van der Waals surface area (Å²) in [6, 6.07) is 3.94. The second-order valence-electron chi connectivity index (χ2n) is 6.03. The van der Waals surface area contributed by atoms with Crippen LogP contribution in [-0.2, 0) is 6.18 Å². The highest BCUT2D eigenvalue weighted by atomic mass is 19.4. The first kappa shape index (κ1) is 15.1. The van der Waals surface area contributed by atoms with Crippen LogP contribution in [0.3, 0.4) is 0 Å². The van der Waals surface area contributed by atoms with Gasteiger partial charge in [-0.1, -0.05) is 6.07 Å². The van der Waals surface area contributed by atoms with E-state index >= 15 is 0 Å². The lowest BCUT2D eigenvalue weighted by Crippen LogP contribution is -2.30. The minimum Gasteiger partial charge on any atom is -0.306 e. The molecule has 1 aliphatic rings. The van der Waals surface area contributed by atoms with Gasteiger partial charge in [-0.05, 0) is 32.4 Å². The molecule has 22 heavy (non-hydrogen) atoms. The van der Waals surface area contributed by atoms with Gasteiger partial charge in [-0.25, -0.2) is 4.79 Å². The fraction of sp³-hybridized carbons (Fsp3) is 0.533. The Morgan fingerprint density at radius 2 is 2.05 bits per heavy atom.